The van der Waals surface area contributed by atoms with Crippen LogP contribution in [0, 0.1) is 0 Å². The highest BCUT2D eigenvalue weighted by molar-refractivity contribution is 9.10. The third-order valence-corrected chi connectivity index (χ3v) is 10.2. The number of amides is 1. The van der Waals surface area contributed by atoms with Crippen LogP contribution in [0.2, 0.25) is 0 Å². The first-order chi connectivity index (χ1) is 23.8. The van der Waals surface area contributed by atoms with Gasteiger partial charge < -0.3 is 14.6 Å². The van der Waals surface area contributed by atoms with Crippen molar-refractivity contribution < 1.29 is 27.8 Å². The van der Waals surface area contributed by atoms with Gasteiger partial charge in [-0.15, -0.1) is 0 Å². The second-order valence-electron chi connectivity index (χ2n) is 11.2. The number of sulfone groups is 1. The molecule has 0 radical (unpaired) electrons. The monoisotopic (exact) mass is 746 g/mol. The number of nitrogens with zero attached hydrogens (tertiary/aromatic N) is 4. The molecule has 4 aromatic rings. The van der Waals surface area contributed by atoms with Crippen LogP contribution in [0.5, 0.6) is 5.75 Å². The lowest BCUT2D eigenvalue weighted by atomic mass is 9.84. The van der Waals surface area contributed by atoms with Gasteiger partial charge in [0.1, 0.15) is 5.75 Å². The summed E-state index contributed by atoms with van der Waals surface area (Å²) in [5, 5.41) is 12.9. The van der Waals surface area contributed by atoms with Gasteiger partial charge in [-0.05, 0) is 66.0 Å². The number of azide groups is 1. The second-order valence-corrected chi connectivity index (χ2v) is 14.2. The van der Waals surface area contributed by atoms with Crippen LogP contribution < -0.4 is 15.6 Å². The Morgan fingerprint density at radius 2 is 1.73 bits per heavy atom. The van der Waals surface area contributed by atoms with Crippen molar-refractivity contribution in [2.24, 2.45) is 10.1 Å². The summed E-state index contributed by atoms with van der Waals surface area (Å²) in [7, 11) is -3.85. The summed E-state index contributed by atoms with van der Waals surface area (Å²) in [4.78, 5) is 22.3. The van der Waals surface area contributed by atoms with Crippen molar-refractivity contribution in [3.05, 3.63) is 135 Å². The van der Waals surface area contributed by atoms with Gasteiger partial charge in [-0.3, -0.25) is 10.2 Å². The molecular weight excluding hydrogens is 712 g/mol. The number of ether oxygens (including phenoxy) is 2. The highest BCUT2D eigenvalue weighted by Gasteiger charge is 2.54. The highest BCUT2D eigenvalue weighted by Crippen LogP contribution is 2.45. The van der Waals surface area contributed by atoms with E-state index in [0.29, 0.717) is 42.9 Å². The van der Waals surface area contributed by atoms with Crippen LogP contribution in [-0.2, 0) is 25.8 Å². The predicted molar refractivity (Wildman–Crippen MR) is 189 cm³/mol. The van der Waals surface area contributed by atoms with E-state index < -0.39 is 33.1 Å². The van der Waals surface area contributed by atoms with Crippen molar-refractivity contribution in [3.63, 3.8) is 0 Å². The first-order valence-corrected chi connectivity index (χ1v) is 18.0. The highest BCUT2D eigenvalue weighted by atomic mass is 79.9. The Hall–Kier alpha value is -4.72. The minimum absolute atomic E-state index is 0.00464. The third-order valence-electron chi connectivity index (χ3n) is 7.91. The van der Waals surface area contributed by atoms with Crippen molar-refractivity contribution in [3.8, 4) is 5.75 Å². The Morgan fingerprint density at radius 1 is 1.02 bits per heavy atom. The molecule has 0 aromatic heterocycles. The van der Waals surface area contributed by atoms with Gasteiger partial charge in [-0.2, -0.15) is 0 Å². The molecule has 5 rings (SSSR count). The maximum absolute atomic E-state index is 14.4. The molecule has 14 heteroatoms. The number of hydrogen-bond donors (Lipinski definition) is 3. The summed E-state index contributed by atoms with van der Waals surface area (Å²) in [5.41, 5.74) is 15.4. The van der Waals surface area contributed by atoms with Gasteiger partial charge in [0.05, 0.1) is 17.3 Å². The molecule has 1 aliphatic heterocycles. The van der Waals surface area contributed by atoms with Crippen LogP contribution in [-0.4, -0.2) is 56.4 Å². The van der Waals surface area contributed by atoms with E-state index in [1.807, 2.05) is 24.3 Å². The molecule has 3 N–H and O–H groups in total. The largest absolute Gasteiger partial charge is 0.494 e. The zero-order chi connectivity index (χ0) is 34.7. The van der Waals surface area contributed by atoms with Crippen LogP contribution in [0.15, 0.2) is 123 Å². The standard InChI is InChI=1S/C35H35BrN6O6S/c36-27-15-11-25(12-16-27)19-21-38-41-34(44)35(20-24-49(45,46)29-7-2-1-3-8-29)32(30-9-4-5-10-31(30)40-42-37)48-33(39-35)26-13-17-28(18-14-26)47-23-6-22-43/h1-5,7-18,32,38,43H,6,19-24H2,(H,41,44)/t32-,35-/m0/s1. The van der Waals surface area contributed by atoms with E-state index in [2.05, 4.69) is 36.8 Å². The molecule has 49 heavy (non-hydrogen) atoms. The summed E-state index contributed by atoms with van der Waals surface area (Å²) in [6.07, 6.45) is -0.344. The summed E-state index contributed by atoms with van der Waals surface area (Å²) in [6, 6.07) is 29.3. The van der Waals surface area contributed by atoms with Crippen LogP contribution in [0.1, 0.15) is 35.6 Å². The minimum atomic E-state index is -3.85. The molecule has 0 unspecified atom stereocenters. The molecule has 0 bridgehead atoms. The summed E-state index contributed by atoms with van der Waals surface area (Å²) in [5.74, 6) is -0.383. The van der Waals surface area contributed by atoms with E-state index in [1.165, 1.54) is 12.1 Å². The molecule has 0 fully saturated rings. The number of carbonyl (C=O) groups excluding carboxylic acids is 1. The number of hydrogen-bond acceptors (Lipinski definition) is 9. The van der Waals surface area contributed by atoms with Crippen LogP contribution >= 0.6 is 15.9 Å². The number of aliphatic imine (C=N–C) groups is 1. The predicted octanol–water partition coefficient (Wildman–Crippen LogP) is 6.14. The Morgan fingerprint density at radius 3 is 2.45 bits per heavy atom. The van der Waals surface area contributed by atoms with Crippen LogP contribution in [0.4, 0.5) is 5.69 Å². The molecule has 12 nitrogen and oxygen atoms in total. The van der Waals surface area contributed by atoms with E-state index >= 15 is 0 Å². The fourth-order valence-corrected chi connectivity index (χ4v) is 6.99. The van der Waals surface area contributed by atoms with E-state index in [0.717, 1.165) is 10.0 Å². The van der Waals surface area contributed by atoms with Crippen molar-refractivity contribution in [2.75, 3.05) is 25.5 Å². The van der Waals surface area contributed by atoms with Crippen LogP contribution in [0.3, 0.4) is 0 Å². The molecule has 4 aromatic carbocycles. The zero-order valence-corrected chi connectivity index (χ0v) is 28.8. The number of nitrogens with one attached hydrogen (secondary N) is 2. The number of benzene rings is 4. The van der Waals surface area contributed by atoms with Crippen molar-refractivity contribution in [2.45, 2.75) is 35.8 Å². The second kappa shape index (κ2) is 16.6. The van der Waals surface area contributed by atoms with Crippen molar-refractivity contribution >= 4 is 43.3 Å². The van der Waals surface area contributed by atoms with Gasteiger partial charge in [0.2, 0.25) is 5.90 Å². The van der Waals surface area contributed by atoms with Crippen molar-refractivity contribution in [1.29, 1.82) is 0 Å². The Balaban J connectivity index is 1.52. The molecule has 254 valence electrons. The Labute approximate surface area is 292 Å². The maximum atomic E-state index is 14.4. The molecule has 1 heterocycles. The molecule has 2 atom stereocenters. The van der Waals surface area contributed by atoms with Gasteiger partial charge in [0, 0.05) is 52.2 Å². The molecule has 0 saturated carbocycles. The molecule has 0 saturated heterocycles. The van der Waals surface area contributed by atoms with Crippen LogP contribution in [0.25, 0.3) is 10.4 Å². The zero-order valence-electron chi connectivity index (χ0n) is 26.4. The fraction of sp³-hybridized carbons (Fsp3) is 0.257. The summed E-state index contributed by atoms with van der Waals surface area (Å²) in [6.45, 7) is 0.713. The average molecular weight is 748 g/mol. The molecule has 1 aliphatic rings. The number of aliphatic hydroxyl groups excluding tert-OH is 1. The minimum Gasteiger partial charge on any atom is -0.494 e. The molecule has 0 spiro atoms. The van der Waals surface area contributed by atoms with Crippen molar-refractivity contribution in [1.82, 2.24) is 10.9 Å². The summed E-state index contributed by atoms with van der Waals surface area (Å²) < 4.78 is 40.2. The topological polar surface area (TPSA) is 175 Å². The van der Waals surface area contributed by atoms with E-state index in [4.69, 9.17) is 19.6 Å². The first kappa shape index (κ1) is 35.6. The van der Waals surface area contributed by atoms with E-state index in [-0.39, 0.29) is 29.5 Å². The number of halogens is 1. The smallest absolute Gasteiger partial charge is 0.266 e. The number of hydrazine groups is 1. The first-order valence-electron chi connectivity index (χ1n) is 15.6. The lowest BCUT2D eigenvalue weighted by Gasteiger charge is -2.31. The fourth-order valence-electron chi connectivity index (χ4n) is 5.34. The lowest BCUT2D eigenvalue weighted by molar-refractivity contribution is -0.130. The van der Waals surface area contributed by atoms with Gasteiger partial charge in [-0.1, -0.05) is 75.6 Å². The van der Waals surface area contributed by atoms with Gasteiger partial charge in [-0.25, -0.2) is 18.8 Å². The van der Waals surface area contributed by atoms with Gasteiger partial charge >= 0.3 is 0 Å². The lowest BCUT2D eigenvalue weighted by Crippen LogP contribution is -2.53. The van der Waals surface area contributed by atoms with Gasteiger partial charge in [0.15, 0.2) is 21.5 Å². The quantitative estimate of drug-likeness (QED) is 0.0406. The normalized spacial score (nSPS) is 17.0. The molecule has 0 aliphatic carbocycles. The maximum Gasteiger partial charge on any atom is 0.266 e. The Kier molecular flexibility index (Phi) is 12.1. The van der Waals surface area contributed by atoms with E-state index in [9.17, 15) is 18.7 Å². The Bertz CT molecular complexity index is 1920. The van der Waals surface area contributed by atoms with E-state index in [1.54, 1.807) is 66.7 Å². The SMILES string of the molecule is [N-]=[N+]=Nc1ccccc1[C@@H]1OC(c2ccc(OCCCO)cc2)=N[C@]1(CCS(=O)(=O)c1ccccc1)C(=O)NNCCc1ccc(Br)cc1. The average Bonchev–Trinajstić information content (AvgIpc) is 3.52. The number of aliphatic hydroxyl groups is 1. The third kappa shape index (κ3) is 8.85. The number of rotatable bonds is 16. The van der Waals surface area contributed by atoms with Gasteiger partial charge in [0.25, 0.3) is 5.91 Å². The number of carbonyl (C=O) groups is 1. The summed E-state index contributed by atoms with van der Waals surface area (Å²) >= 11 is 3.43. The molecular formula is C35H35BrN6O6S. The molecule has 1 amide bonds.